The van der Waals surface area contributed by atoms with Gasteiger partial charge in [-0.1, -0.05) is 24.6 Å². The van der Waals surface area contributed by atoms with Crippen molar-refractivity contribution in [2.75, 3.05) is 0 Å². The number of carboxylic acids is 1. The standard InChI is InChI=1S/C15H18N2O3/c1-9-4-5-12(11(3)6-9)15-17-16-13(20-15)7-10(2)8-14(18)19/h4-6,10H,7-8H2,1-3H3,(H,18,19). The average molecular weight is 274 g/mol. The number of aromatic nitrogens is 2. The first kappa shape index (κ1) is 14.2. The molecule has 0 spiro atoms. The minimum atomic E-state index is -0.813. The van der Waals surface area contributed by atoms with Gasteiger partial charge in [-0.25, -0.2) is 0 Å². The highest BCUT2D eigenvalue weighted by molar-refractivity contribution is 5.67. The van der Waals surface area contributed by atoms with Gasteiger partial charge in [0.25, 0.3) is 0 Å². The highest BCUT2D eigenvalue weighted by Crippen LogP contribution is 2.23. The van der Waals surface area contributed by atoms with E-state index in [0.29, 0.717) is 18.2 Å². The number of benzene rings is 1. The predicted octanol–water partition coefficient (Wildman–Crippen LogP) is 3.01. The SMILES string of the molecule is Cc1ccc(-c2nnc(CC(C)CC(=O)O)o2)c(C)c1. The Balaban J connectivity index is 2.14. The predicted molar refractivity (Wildman–Crippen MR) is 74.3 cm³/mol. The third-order valence-corrected chi connectivity index (χ3v) is 3.13. The second-order valence-corrected chi connectivity index (χ2v) is 5.23. The second-order valence-electron chi connectivity index (χ2n) is 5.23. The molecule has 0 radical (unpaired) electrons. The molecular formula is C15H18N2O3. The molecule has 2 rings (SSSR count). The topological polar surface area (TPSA) is 76.2 Å². The molecule has 1 unspecified atom stereocenters. The summed E-state index contributed by atoms with van der Waals surface area (Å²) in [6, 6.07) is 6.02. The van der Waals surface area contributed by atoms with Crippen LogP contribution < -0.4 is 0 Å². The van der Waals surface area contributed by atoms with Gasteiger partial charge in [-0.15, -0.1) is 10.2 Å². The van der Waals surface area contributed by atoms with Gasteiger partial charge in [0, 0.05) is 18.4 Å². The maximum atomic E-state index is 10.6. The monoisotopic (exact) mass is 274 g/mol. The Morgan fingerprint density at radius 2 is 2.10 bits per heavy atom. The van der Waals surface area contributed by atoms with Crippen LogP contribution in [0.3, 0.4) is 0 Å². The van der Waals surface area contributed by atoms with E-state index in [1.807, 2.05) is 32.9 Å². The summed E-state index contributed by atoms with van der Waals surface area (Å²) in [6.45, 7) is 5.89. The largest absolute Gasteiger partial charge is 0.481 e. The highest BCUT2D eigenvalue weighted by Gasteiger charge is 2.15. The normalized spacial score (nSPS) is 12.3. The van der Waals surface area contributed by atoms with Crippen LogP contribution in [0.2, 0.25) is 0 Å². The van der Waals surface area contributed by atoms with Gasteiger partial charge >= 0.3 is 5.97 Å². The second kappa shape index (κ2) is 5.86. The molecule has 0 amide bonds. The Kier molecular flexibility index (Phi) is 4.17. The number of hydrogen-bond acceptors (Lipinski definition) is 4. The maximum Gasteiger partial charge on any atom is 0.303 e. The Labute approximate surface area is 117 Å². The first-order chi connectivity index (χ1) is 9.45. The molecule has 0 aliphatic heterocycles. The summed E-state index contributed by atoms with van der Waals surface area (Å²) in [6.07, 6.45) is 0.575. The first-order valence-corrected chi connectivity index (χ1v) is 6.57. The van der Waals surface area contributed by atoms with Gasteiger partial charge in [0.05, 0.1) is 0 Å². The fourth-order valence-corrected chi connectivity index (χ4v) is 2.17. The summed E-state index contributed by atoms with van der Waals surface area (Å²) in [5.74, 6) is 0.125. The first-order valence-electron chi connectivity index (χ1n) is 6.57. The van der Waals surface area contributed by atoms with Crippen LogP contribution in [-0.2, 0) is 11.2 Å². The molecule has 5 nitrogen and oxygen atoms in total. The molecule has 0 aliphatic carbocycles. The van der Waals surface area contributed by atoms with Crippen LogP contribution in [0.4, 0.5) is 0 Å². The van der Waals surface area contributed by atoms with Crippen LogP contribution in [0.5, 0.6) is 0 Å². The molecule has 0 saturated carbocycles. The maximum absolute atomic E-state index is 10.6. The number of hydrogen-bond donors (Lipinski definition) is 1. The van der Waals surface area contributed by atoms with E-state index in [-0.39, 0.29) is 12.3 Å². The zero-order valence-corrected chi connectivity index (χ0v) is 11.9. The lowest BCUT2D eigenvalue weighted by Gasteiger charge is -2.04. The molecule has 1 atom stereocenters. The van der Waals surface area contributed by atoms with E-state index >= 15 is 0 Å². The third-order valence-electron chi connectivity index (χ3n) is 3.13. The van der Waals surface area contributed by atoms with Gasteiger partial charge in [0.2, 0.25) is 11.8 Å². The smallest absolute Gasteiger partial charge is 0.303 e. The van der Waals surface area contributed by atoms with Gasteiger partial charge < -0.3 is 9.52 Å². The van der Waals surface area contributed by atoms with Crippen molar-refractivity contribution in [3.63, 3.8) is 0 Å². The summed E-state index contributed by atoms with van der Waals surface area (Å²) in [4.78, 5) is 10.6. The molecule has 0 bridgehead atoms. The third kappa shape index (κ3) is 3.44. The van der Waals surface area contributed by atoms with Crippen LogP contribution in [-0.4, -0.2) is 21.3 Å². The van der Waals surface area contributed by atoms with E-state index in [0.717, 1.165) is 11.1 Å². The Hall–Kier alpha value is -2.17. The summed E-state index contributed by atoms with van der Waals surface area (Å²) in [7, 11) is 0. The molecule has 5 heteroatoms. The average Bonchev–Trinajstić information content (AvgIpc) is 2.75. The van der Waals surface area contributed by atoms with Crippen molar-refractivity contribution in [2.45, 2.75) is 33.6 Å². The summed E-state index contributed by atoms with van der Waals surface area (Å²) in [5.41, 5.74) is 3.18. The van der Waals surface area contributed by atoms with E-state index in [1.54, 1.807) is 0 Å². The molecule has 1 aromatic heterocycles. The summed E-state index contributed by atoms with van der Waals surface area (Å²) in [5, 5.41) is 16.8. The minimum Gasteiger partial charge on any atom is -0.481 e. The molecule has 20 heavy (non-hydrogen) atoms. The molecule has 0 saturated heterocycles. The van der Waals surface area contributed by atoms with Crippen molar-refractivity contribution < 1.29 is 14.3 Å². The van der Waals surface area contributed by atoms with Gasteiger partial charge in [0.15, 0.2) is 0 Å². The van der Waals surface area contributed by atoms with Crippen LogP contribution in [0.15, 0.2) is 22.6 Å². The van der Waals surface area contributed by atoms with E-state index in [2.05, 4.69) is 16.3 Å². The van der Waals surface area contributed by atoms with Crippen molar-refractivity contribution in [3.8, 4) is 11.5 Å². The van der Waals surface area contributed by atoms with E-state index in [4.69, 9.17) is 9.52 Å². The number of rotatable bonds is 5. The number of carboxylic acid groups (broad SMARTS) is 1. The van der Waals surface area contributed by atoms with Crippen molar-refractivity contribution in [3.05, 3.63) is 35.2 Å². The van der Waals surface area contributed by atoms with Crippen LogP contribution in [0.25, 0.3) is 11.5 Å². The van der Waals surface area contributed by atoms with Gasteiger partial charge in [-0.3, -0.25) is 4.79 Å². The lowest BCUT2D eigenvalue weighted by molar-refractivity contribution is -0.137. The Bertz CT molecular complexity index is 619. The van der Waals surface area contributed by atoms with Crippen LogP contribution in [0, 0.1) is 19.8 Å². The van der Waals surface area contributed by atoms with Crippen molar-refractivity contribution in [2.24, 2.45) is 5.92 Å². The van der Waals surface area contributed by atoms with Gasteiger partial charge in [0.1, 0.15) is 0 Å². The van der Waals surface area contributed by atoms with E-state index < -0.39 is 5.97 Å². The number of nitrogens with zero attached hydrogens (tertiary/aromatic N) is 2. The molecule has 2 aromatic rings. The lowest BCUT2D eigenvalue weighted by atomic mass is 10.0. The van der Waals surface area contributed by atoms with Crippen molar-refractivity contribution in [1.29, 1.82) is 0 Å². The van der Waals surface area contributed by atoms with Crippen LogP contribution in [0.1, 0.15) is 30.4 Å². The number of aryl methyl sites for hydroxylation is 2. The fraction of sp³-hybridized carbons (Fsp3) is 0.400. The quantitative estimate of drug-likeness (QED) is 0.907. The molecule has 1 N–H and O–H groups in total. The molecule has 1 aromatic carbocycles. The number of carbonyl (C=O) groups is 1. The summed E-state index contributed by atoms with van der Waals surface area (Å²) >= 11 is 0. The number of aliphatic carboxylic acids is 1. The van der Waals surface area contributed by atoms with Crippen LogP contribution >= 0.6 is 0 Å². The molecule has 0 fully saturated rings. The summed E-state index contributed by atoms with van der Waals surface area (Å²) < 4.78 is 5.63. The molecule has 0 aliphatic rings. The van der Waals surface area contributed by atoms with Gasteiger partial charge in [-0.05, 0) is 31.4 Å². The lowest BCUT2D eigenvalue weighted by Crippen LogP contribution is -2.07. The Morgan fingerprint density at radius 1 is 1.35 bits per heavy atom. The van der Waals surface area contributed by atoms with E-state index in [9.17, 15) is 4.79 Å². The van der Waals surface area contributed by atoms with Gasteiger partial charge in [-0.2, -0.15) is 0 Å². The van der Waals surface area contributed by atoms with Crippen molar-refractivity contribution >= 4 is 5.97 Å². The molecule has 106 valence electrons. The molecular weight excluding hydrogens is 256 g/mol. The Morgan fingerprint density at radius 3 is 2.75 bits per heavy atom. The minimum absolute atomic E-state index is 0.0279. The molecule has 1 heterocycles. The zero-order valence-electron chi connectivity index (χ0n) is 11.9. The van der Waals surface area contributed by atoms with Crippen molar-refractivity contribution in [1.82, 2.24) is 10.2 Å². The fourth-order valence-electron chi connectivity index (χ4n) is 2.17. The zero-order chi connectivity index (χ0) is 14.7. The van der Waals surface area contributed by atoms with E-state index in [1.165, 1.54) is 5.56 Å². The highest BCUT2D eigenvalue weighted by atomic mass is 16.4.